The molecule has 2 aliphatic rings. The number of Topliss-reactive ketones (excluding diaryl/α,β-unsaturated/α-hetero) is 1. The average Bonchev–Trinajstić information content (AvgIpc) is 3.05. The number of carbonyl (C=O) groups excluding carboxylic acids is 3. The number of hydrogen-bond donors (Lipinski definition) is 3. The van der Waals surface area contributed by atoms with Crippen LogP contribution in [0.3, 0.4) is 0 Å². The molecule has 2 saturated heterocycles. The van der Waals surface area contributed by atoms with Gasteiger partial charge in [0.15, 0.2) is 11.3 Å². The van der Waals surface area contributed by atoms with Gasteiger partial charge in [0.05, 0.1) is 12.6 Å². The van der Waals surface area contributed by atoms with E-state index in [9.17, 15) is 19.6 Å². The molecule has 2 unspecified atom stereocenters. The standard InChI is InChI=1S/C12H18N3O4/c16-8-6-14-11(18)12(4-2-7-15(12)19)10(17)9-3-1-5-13-9/h9,13,19H,1-7H2,(H,14,18). The zero-order valence-corrected chi connectivity index (χ0v) is 10.6. The average molecular weight is 268 g/mol. The lowest BCUT2D eigenvalue weighted by atomic mass is 9.86. The Morgan fingerprint density at radius 3 is 2.79 bits per heavy atom. The van der Waals surface area contributed by atoms with Gasteiger partial charge in [-0.1, -0.05) is 0 Å². The second-order valence-electron chi connectivity index (χ2n) is 4.93. The summed E-state index contributed by atoms with van der Waals surface area (Å²) in [5, 5.41) is 16.2. The summed E-state index contributed by atoms with van der Waals surface area (Å²) in [6.07, 6.45) is 3.93. The molecule has 1 amide bonds. The fourth-order valence-corrected chi connectivity index (χ4v) is 2.86. The monoisotopic (exact) mass is 268 g/mol. The number of hydroxylamine groups is 2. The van der Waals surface area contributed by atoms with Gasteiger partial charge in [-0.15, -0.1) is 0 Å². The molecule has 2 heterocycles. The summed E-state index contributed by atoms with van der Waals surface area (Å²) in [5.74, 6) is -0.928. The lowest BCUT2D eigenvalue weighted by Gasteiger charge is -2.33. The molecule has 0 spiro atoms. The van der Waals surface area contributed by atoms with Gasteiger partial charge < -0.3 is 15.8 Å². The SMILES string of the molecule is O=[C]CNC(=O)C1(C(=O)C2CCCN2)CCCN1O. The normalized spacial score (nSPS) is 31.3. The first-order valence-corrected chi connectivity index (χ1v) is 6.50. The summed E-state index contributed by atoms with van der Waals surface area (Å²) < 4.78 is 0. The molecule has 0 aliphatic carbocycles. The number of ketones is 1. The second kappa shape index (κ2) is 5.77. The van der Waals surface area contributed by atoms with Crippen molar-refractivity contribution in [2.45, 2.75) is 37.3 Å². The molecule has 0 saturated carbocycles. The summed E-state index contributed by atoms with van der Waals surface area (Å²) in [7, 11) is 0. The van der Waals surface area contributed by atoms with E-state index in [0.29, 0.717) is 12.8 Å². The highest BCUT2D eigenvalue weighted by molar-refractivity contribution is 6.13. The van der Waals surface area contributed by atoms with E-state index in [2.05, 4.69) is 10.6 Å². The first-order chi connectivity index (χ1) is 9.13. The van der Waals surface area contributed by atoms with Crippen LogP contribution in [0.4, 0.5) is 0 Å². The van der Waals surface area contributed by atoms with Crippen molar-refractivity contribution < 1.29 is 19.6 Å². The van der Waals surface area contributed by atoms with E-state index in [1.54, 1.807) is 6.29 Å². The summed E-state index contributed by atoms with van der Waals surface area (Å²) in [5.41, 5.74) is -1.56. The van der Waals surface area contributed by atoms with Gasteiger partial charge in [0.25, 0.3) is 5.91 Å². The molecule has 0 aromatic heterocycles. The first kappa shape index (κ1) is 14.1. The Kier molecular flexibility index (Phi) is 4.28. The maximum absolute atomic E-state index is 12.6. The van der Waals surface area contributed by atoms with Crippen LogP contribution in [0.25, 0.3) is 0 Å². The van der Waals surface area contributed by atoms with Gasteiger partial charge in [0, 0.05) is 6.54 Å². The zero-order valence-electron chi connectivity index (χ0n) is 10.6. The third-order valence-corrected chi connectivity index (χ3v) is 3.83. The molecule has 0 aromatic rings. The Morgan fingerprint density at radius 1 is 1.47 bits per heavy atom. The first-order valence-electron chi connectivity index (χ1n) is 6.50. The second-order valence-corrected chi connectivity index (χ2v) is 4.93. The van der Waals surface area contributed by atoms with Crippen molar-refractivity contribution in [3.05, 3.63) is 0 Å². The van der Waals surface area contributed by atoms with Crippen LogP contribution in [-0.4, -0.2) is 59.5 Å². The Labute approximate surface area is 111 Å². The predicted molar refractivity (Wildman–Crippen MR) is 65.2 cm³/mol. The topological polar surface area (TPSA) is 98.7 Å². The molecule has 19 heavy (non-hydrogen) atoms. The van der Waals surface area contributed by atoms with Crippen molar-refractivity contribution in [3.63, 3.8) is 0 Å². The van der Waals surface area contributed by atoms with E-state index in [-0.39, 0.29) is 25.3 Å². The van der Waals surface area contributed by atoms with Crippen LogP contribution in [-0.2, 0) is 14.4 Å². The van der Waals surface area contributed by atoms with Crippen molar-refractivity contribution in [1.29, 1.82) is 0 Å². The van der Waals surface area contributed by atoms with Crippen molar-refractivity contribution in [3.8, 4) is 0 Å². The summed E-state index contributed by atoms with van der Waals surface area (Å²) >= 11 is 0. The Bertz CT molecular complexity index is 381. The predicted octanol–water partition coefficient (Wildman–Crippen LogP) is -1.24. The molecule has 2 rings (SSSR count). The lowest BCUT2D eigenvalue weighted by Crippen LogP contribution is -2.63. The number of nitrogens with one attached hydrogen (secondary N) is 2. The lowest BCUT2D eigenvalue weighted by molar-refractivity contribution is -0.178. The highest BCUT2D eigenvalue weighted by atomic mass is 16.5. The van der Waals surface area contributed by atoms with E-state index in [4.69, 9.17) is 0 Å². The van der Waals surface area contributed by atoms with Gasteiger partial charge in [-0.3, -0.25) is 14.4 Å². The number of rotatable bonds is 5. The van der Waals surface area contributed by atoms with Crippen LogP contribution in [0.15, 0.2) is 0 Å². The Morgan fingerprint density at radius 2 is 2.26 bits per heavy atom. The number of nitrogens with zero attached hydrogens (tertiary/aromatic N) is 1. The minimum atomic E-state index is -1.56. The molecule has 1 radical (unpaired) electrons. The Hall–Kier alpha value is -1.31. The van der Waals surface area contributed by atoms with E-state index in [0.717, 1.165) is 18.0 Å². The molecule has 2 atom stereocenters. The van der Waals surface area contributed by atoms with Gasteiger partial charge in [-0.2, -0.15) is 5.06 Å². The molecular formula is C12H18N3O4. The molecule has 3 N–H and O–H groups in total. The third-order valence-electron chi connectivity index (χ3n) is 3.83. The number of carbonyl (C=O) groups is 2. The minimum absolute atomic E-state index is 0.269. The maximum Gasteiger partial charge on any atom is 0.250 e. The fourth-order valence-electron chi connectivity index (χ4n) is 2.86. The van der Waals surface area contributed by atoms with Gasteiger partial charge in [0.1, 0.15) is 0 Å². The maximum atomic E-state index is 12.6. The van der Waals surface area contributed by atoms with Gasteiger partial charge in [0.2, 0.25) is 6.29 Å². The van der Waals surface area contributed by atoms with Crippen LogP contribution >= 0.6 is 0 Å². The molecule has 105 valence electrons. The molecular weight excluding hydrogens is 250 g/mol. The summed E-state index contributed by atoms with van der Waals surface area (Å²) in [4.78, 5) is 35.0. The van der Waals surface area contributed by atoms with Crippen LogP contribution in [0.5, 0.6) is 0 Å². The van der Waals surface area contributed by atoms with Crippen molar-refractivity contribution >= 4 is 18.0 Å². The molecule has 0 aromatic carbocycles. The molecule has 7 heteroatoms. The van der Waals surface area contributed by atoms with Crippen LogP contribution in [0.2, 0.25) is 0 Å². The quantitative estimate of drug-likeness (QED) is 0.539. The molecule has 7 nitrogen and oxygen atoms in total. The minimum Gasteiger partial charge on any atom is -0.346 e. The number of amides is 1. The fraction of sp³-hybridized carbons (Fsp3) is 0.750. The summed E-state index contributed by atoms with van der Waals surface area (Å²) in [6.45, 7) is 0.734. The van der Waals surface area contributed by atoms with Crippen LogP contribution in [0, 0.1) is 0 Å². The largest absolute Gasteiger partial charge is 0.346 e. The highest BCUT2D eigenvalue weighted by Gasteiger charge is 2.55. The van der Waals surface area contributed by atoms with Gasteiger partial charge in [-0.25, -0.2) is 0 Å². The van der Waals surface area contributed by atoms with E-state index >= 15 is 0 Å². The molecule has 2 aliphatic heterocycles. The van der Waals surface area contributed by atoms with E-state index in [1.807, 2.05) is 0 Å². The highest BCUT2D eigenvalue weighted by Crippen LogP contribution is 2.31. The van der Waals surface area contributed by atoms with Gasteiger partial charge >= 0.3 is 0 Å². The smallest absolute Gasteiger partial charge is 0.250 e. The van der Waals surface area contributed by atoms with Crippen molar-refractivity contribution in [2.24, 2.45) is 0 Å². The molecule has 0 bridgehead atoms. The van der Waals surface area contributed by atoms with E-state index in [1.165, 1.54) is 0 Å². The van der Waals surface area contributed by atoms with Crippen molar-refractivity contribution in [2.75, 3.05) is 19.6 Å². The van der Waals surface area contributed by atoms with Crippen LogP contribution < -0.4 is 10.6 Å². The van der Waals surface area contributed by atoms with Crippen molar-refractivity contribution in [1.82, 2.24) is 15.7 Å². The van der Waals surface area contributed by atoms with Gasteiger partial charge in [-0.05, 0) is 32.2 Å². The third kappa shape index (κ3) is 2.41. The van der Waals surface area contributed by atoms with E-state index < -0.39 is 17.5 Å². The summed E-state index contributed by atoms with van der Waals surface area (Å²) in [6, 6.07) is -0.404. The zero-order chi connectivity index (χ0) is 13.9. The number of hydrogen-bond acceptors (Lipinski definition) is 6. The Balaban J connectivity index is 2.21. The molecule has 2 fully saturated rings. The van der Waals surface area contributed by atoms with Crippen LogP contribution in [0.1, 0.15) is 25.7 Å².